The van der Waals surface area contributed by atoms with Gasteiger partial charge in [-0.3, -0.25) is 4.79 Å². The van der Waals surface area contributed by atoms with Crippen molar-refractivity contribution in [2.75, 3.05) is 6.61 Å². The van der Waals surface area contributed by atoms with E-state index in [1.54, 1.807) is 29.7 Å². The number of hydrogen-bond acceptors (Lipinski definition) is 4. The first-order valence-corrected chi connectivity index (χ1v) is 8.47. The number of ether oxygens (including phenoxy) is 1. The van der Waals surface area contributed by atoms with Gasteiger partial charge in [0.05, 0.1) is 17.8 Å². The Bertz CT molecular complexity index is 845. The number of carbonyl (C=O) groups is 2. The lowest BCUT2D eigenvalue weighted by atomic mass is 10.2. The van der Waals surface area contributed by atoms with E-state index in [4.69, 9.17) is 4.74 Å². The monoisotopic (exact) mass is 342 g/mol. The summed E-state index contributed by atoms with van der Waals surface area (Å²) < 4.78 is 7.26. The predicted octanol–water partition coefficient (Wildman–Crippen LogP) is 3.58. The van der Waals surface area contributed by atoms with Crippen LogP contribution >= 0.6 is 11.3 Å². The van der Waals surface area contributed by atoms with E-state index < -0.39 is 5.97 Å². The first-order chi connectivity index (χ1) is 11.6. The topological polar surface area (TPSA) is 64.1 Å². The van der Waals surface area contributed by atoms with E-state index in [1.807, 2.05) is 31.4 Å². The molecule has 0 saturated heterocycles. The van der Waals surface area contributed by atoms with Gasteiger partial charge in [-0.1, -0.05) is 6.07 Å². The molecule has 0 unspecified atom stereocenters. The van der Waals surface area contributed by atoms with Gasteiger partial charge < -0.3 is 14.3 Å². The van der Waals surface area contributed by atoms with Gasteiger partial charge in [0.2, 0.25) is 5.78 Å². The van der Waals surface area contributed by atoms with Crippen LogP contribution in [0.2, 0.25) is 0 Å². The van der Waals surface area contributed by atoms with Gasteiger partial charge in [-0.2, -0.15) is 0 Å². The van der Waals surface area contributed by atoms with Crippen molar-refractivity contribution in [2.45, 2.75) is 20.4 Å². The summed E-state index contributed by atoms with van der Waals surface area (Å²) in [5.74, 6) is -0.721. The number of nitrogens with one attached hydrogen (secondary N) is 1. The number of aryl methyl sites for hydroxylation is 1. The Labute approximate surface area is 143 Å². The molecule has 0 amide bonds. The van der Waals surface area contributed by atoms with Gasteiger partial charge in [0.25, 0.3) is 0 Å². The van der Waals surface area contributed by atoms with Crippen molar-refractivity contribution in [3.05, 3.63) is 69.4 Å². The molecular weight excluding hydrogens is 324 g/mol. The summed E-state index contributed by atoms with van der Waals surface area (Å²) >= 11 is 1.68. The van der Waals surface area contributed by atoms with Crippen molar-refractivity contribution < 1.29 is 14.3 Å². The average Bonchev–Trinajstić information content (AvgIpc) is 3.30. The van der Waals surface area contributed by atoms with Gasteiger partial charge in [-0.25, -0.2) is 4.79 Å². The maximum atomic E-state index is 12.3. The van der Waals surface area contributed by atoms with Crippen molar-refractivity contribution in [3.63, 3.8) is 0 Å². The van der Waals surface area contributed by atoms with E-state index >= 15 is 0 Å². The smallest absolute Gasteiger partial charge is 0.340 e. The third-order valence-electron chi connectivity index (χ3n) is 3.92. The Balaban J connectivity index is 1.70. The summed E-state index contributed by atoms with van der Waals surface area (Å²) in [6.45, 7) is 4.31. The van der Waals surface area contributed by atoms with Crippen LogP contribution in [0.4, 0.5) is 0 Å². The van der Waals surface area contributed by atoms with E-state index in [9.17, 15) is 9.59 Å². The van der Waals surface area contributed by atoms with E-state index in [1.165, 1.54) is 4.88 Å². The van der Waals surface area contributed by atoms with E-state index in [0.29, 0.717) is 11.3 Å². The molecule has 0 saturated carbocycles. The van der Waals surface area contributed by atoms with Crippen LogP contribution in [-0.4, -0.2) is 27.9 Å². The highest BCUT2D eigenvalue weighted by Gasteiger charge is 2.19. The van der Waals surface area contributed by atoms with E-state index in [0.717, 1.165) is 17.9 Å². The standard InChI is InChI=1S/C18H18N2O3S/c1-12-9-15(13(2)20(12)10-14-5-4-8-24-14)18(22)23-11-17(21)16-6-3-7-19-16/h3-9,19H,10-11H2,1-2H3. The highest BCUT2D eigenvalue weighted by molar-refractivity contribution is 7.09. The molecule has 3 aromatic heterocycles. The maximum Gasteiger partial charge on any atom is 0.340 e. The number of nitrogens with zero attached hydrogens (tertiary/aromatic N) is 1. The minimum Gasteiger partial charge on any atom is -0.454 e. The highest BCUT2D eigenvalue weighted by atomic mass is 32.1. The molecular formula is C18H18N2O3S. The molecule has 3 aromatic rings. The zero-order valence-corrected chi connectivity index (χ0v) is 14.4. The van der Waals surface area contributed by atoms with Crippen LogP contribution in [0.3, 0.4) is 0 Å². The Morgan fingerprint density at radius 3 is 2.75 bits per heavy atom. The average molecular weight is 342 g/mol. The fourth-order valence-electron chi connectivity index (χ4n) is 2.60. The number of Topliss-reactive ketones (excluding diaryl/α,β-unsaturated/α-hetero) is 1. The van der Waals surface area contributed by atoms with Crippen LogP contribution in [0, 0.1) is 13.8 Å². The maximum absolute atomic E-state index is 12.3. The summed E-state index contributed by atoms with van der Waals surface area (Å²) in [5, 5.41) is 2.03. The molecule has 0 spiro atoms. The first-order valence-electron chi connectivity index (χ1n) is 7.59. The number of aromatic nitrogens is 2. The zero-order chi connectivity index (χ0) is 17.1. The number of aromatic amines is 1. The summed E-state index contributed by atoms with van der Waals surface area (Å²) in [5.41, 5.74) is 2.77. The summed E-state index contributed by atoms with van der Waals surface area (Å²) in [4.78, 5) is 28.2. The molecule has 0 aromatic carbocycles. The largest absolute Gasteiger partial charge is 0.454 e. The zero-order valence-electron chi connectivity index (χ0n) is 13.5. The van der Waals surface area contributed by atoms with Gasteiger partial charge in [0.15, 0.2) is 6.61 Å². The molecule has 0 atom stereocenters. The summed E-state index contributed by atoms with van der Waals surface area (Å²) in [7, 11) is 0. The third kappa shape index (κ3) is 3.33. The quantitative estimate of drug-likeness (QED) is 0.550. The van der Waals surface area contributed by atoms with Gasteiger partial charge in [-0.05, 0) is 43.5 Å². The first kappa shape index (κ1) is 16.3. The van der Waals surface area contributed by atoms with Crippen molar-refractivity contribution in [2.24, 2.45) is 0 Å². The highest BCUT2D eigenvalue weighted by Crippen LogP contribution is 2.20. The Kier molecular flexibility index (Phi) is 4.66. The molecule has 1 N–H and O–H groups in total. The SMILES string of the molecule is Cc1cc(C(=O)OCC(=O)c2ccc[nH]2)c(C)n1Cc1cccs1. The lowest BCUT2D eigenvalue weighted by molar-refractivity contribution is 0.0473. The lowest BCUT2D eigenvalue weighted by Crippen LogP contribution is -2.15. The van der Waals surface area contributed by atoms with Crippen molar-refractivity contribution in [1.82, 2.24) is 9.55 Å². The van der Waals surface area contributed by atoms with Crippen LogP contribution in [-0.2, 0) is 11.3 Å². The second-order valence-corrected chi connectivity index (χ2v) is 6.57. The molecule has 24 heavy (non-hydrogen) atoms. The number of hydrogen-bond donors (Lipinski definition) is 1. The fraction of sp³-hybridized carbons (Fsp3) is 0.222. The normalized spacial score (nSPS) is 10.8. The molecule has 124 valence electrons. The molecule has 0 aliphatic rings. The minimum atomic E-state index is -0.472. The number of rotatable bonds is 6. The van der Waals surface area contributed by atoms with Crippen molar-refractivity contribution in [3.8, 4) is 0 Å². The minimum absolute atomic E-state index is 0.249. The fourth-order valence-corrected chi connectivity index (χ4v) is 3.29. The summed E-state index contributed by atoms with van der Waals surface area (Å²) in [6.07, 6.45) is 1.66. The van der Waals surface area contributed by atoms with Gasteiger partial charge in [0.1, 0.15) is 0 Å². The molecule has 3 rings (SSSR count). The van der Waals surface area contributed by atoms with Gasteiger partial charge >= 0.3 is 5.97 Å². The molecule has 0 fully saturated rings. The van der Waals surface area contributed by atoms with Crippen LogP contribution in [0.5, 0.6) is 0 Å². The van der Waals surface area contributed by atoms with Crippen LogP contribution < -0.4 is 0 Å². The Morgan fingerprint density at radius 1 is 1.25 bits per heavy atom. The molecule has 0 bridgehead atoms. The number of ketones is 1. The van der Waals surface area contributed by atoms with Crippen LogP contribution in [0.1, 0.15) is 37.1 Å². The molecule has 3 heterocycles. The molecule has 5 nitrogen and oxygen atoms in total. The number of carbonyl (C=O) groups excluding carboxylic acids is 2. The van der Waals surface area contributed by atoms with Gasteiger partial charge in [-0.15, -0.1) is 11.3 Å². The molecule has 6 heteroatoms. The lowest BCUT2D eigenvalue weighted by Gasteiger charge is -2.08. The predicted molar refractivity (Wildman–Crippen MR) is 92.7 cm³/mol. The number of H-pyrrole nitrogens is 1. The van der Waals surface area contributed by atoms with Crippen molar-refractivity contribution >= 4 is 23.1 Å². The summed E-state index contributed by atoms with van der Waals surface area (Å²) in [6, 6.07) is 9.27. The molecule has 0 radical (unpaired) electrons. The van der Waals surface area contributed by atoms with E-state index in [2.05, 4.69) is 15.6 Å². The van der Waals surface area contributed by atoms with Crippen molar-refractivity contribution in [1.29, 1.82) is 0 Å². The Morgan fingerprint density at radius 2 is 2.08 bits per heavy atom. The van der Waals surface area contributed by atoms with E-state index in [-0.39, 0.29) is 12.4 Å². The van der Waals surface area contributed by atoms with Gasteiger partial charge in [0, 0.05) is 22.5 Å². The molecule has 0 aliphatic carbocycles. The van der Waals surface area contributed by atoms with Crippen LogP contribution in [0.25, 0.3) is 0 Å². The number of esters is 1. The molecule has 0 aliphatic heterocycles. The second kappa shape index (κ2) is 6.88. The van der Waals surface area contributed by atoms with Crippen LogP contribution in [0.15, 0.2) is 41.9 Å². The number of thiophene rings is 1. The second-order valence-electron chi connectivity index (χ2n) is 5.53. The third-order valence-corrected chi connectivity index (χ3v) is 4.78. The Hall–Kier alpha value is -2.60.